The Morgan fingerprint density at radius 1 is 1.39 bits per heavy atom. The van der Waals surface area contributed by atoms with Crippen LogP contribution in [-0.2, 0) is 9.53 Å². The molecule has 3 N–H and O–H groups in total. The number of hydrogen-bond acceptors (Lipinski definition) is 4. The predicted octanol–water partition coefficient (Wildman–Crippen LogP) is -0.356. The van der Waals surface area contributed by atoms with Crippen LogP contribution in [0.15, 0.2) is 0 Å². The third kappa shape index (κ3) is 4.89. The number of nitrogens with zero attached hydrogens (tertiary/aromatic N) is 1. The van der Waals surface area contributed by atoms with Crippen LogP contribution in [-0.4, -0.2) is 66.1 Å². The van der Waals surface area contributed by atoms with Crippen molar-refractivity contribution in [2.45, 2.75) is 25.3 Å². The highest BCUT2D eigenvalue weighted by atomic mass is 16.5. The average Bonchev–Trinajstić information content (AvgIpc) is 2.37. The molecular weight excluding hydrogens is 240 g/mol. The van der Waals surface area contributed by atoms with Crippen molar-refractivity contribution in [3.63, 3.8) is 0 Å². The Labute approximate surface area is 106 Å². The monoisotopic (exact) mass is 260 g/mol. The summed E-state index contributed by atoms with van der Waals surface area (Å²) < 4.78 is 4.80. The number of ether oxygens (including phenoxy) is 1. The lowest BCUT2D eigenvalue weighted by Gasteiger charge is -2.34. The quantitative estimate of drug-likeness (QED) is 0.567. The number of aliphatic carboxylic acids is 1. The Balaban J connectivity index is 2.20. The minimum Gasteiger partial charge on any atom is -0.480 e. The van der Waals surface area contributed by atoms with Crippen LogP contribution in [0.25, 0.3) is 0 Å². The first-order valence-electron chi connectivity index (χ1n) is 6.10. The first-order valence-corrected chi connectivity index (χ1v) is 6.10. The van der Waals surface area contributed by atoms with Crippen molar-refractivity contribution >= 4 is 12.0 Å². The highest BCUT2D eigenvalue weighted by Gasteiger charge is 2.25. The molecule has 1 aliphatic heterocycles. The zero-order valence-electron chi connectivity index (χ0n) is 10.3. The fraction of sp³-hybridized carbons (Fsp3) is 0.818. The number of amides is 2. The summed E-state index contributed by atoms with van der Waals surface area (Å²) in [5, 5.41) is 20.2. The molecule has 0 aromatic rings. The molecule has 7 nitrogen and oxygen atoms in total. The molecule has 0 aromatic carbocycles. The lowest BCUT2D eigenvalue weighted by Crippen LogP contribution is -2.50. The number of likely N-dealkylation sites (tertiary alicyclic amines) is 1. The molecule has 0 saturated carbocycles. The maximum absolute atomic E-state index is 11.8. The van der Waals surface area contributed by atoms with E-state index >= 15 is 0 Å². The molecule has 1 aliphatic rings. The van der Waals surface area contributed by atoms with Crippen molar-refractivity contribution in [3.8, 4) is 0 Å². The van der Waals surface area contributed by atoms with Gasteiger partial charge >= 0.3 is 12.0 Å². The van der Waals surface area contributed by atoms with Crippen LogP contribution >= 0.6 is 0 Å². The van der Waals surface area contributed by atoms with Crippen LogP contribution in [0.4, 0.5) is 4.79 Å². The Morgan fingerprint density at radius 2 is 2.17 bits per heavy atom. The smallest absolute Gasteiger partial charge is 0.329 e. The van der Waals surface area contributed by atoms with E-state index in [9.17, 15) is 9.59 Å². The van der Waals surface area contributed by atoms with E-state index in [-0.39, 0.29) is 38.4 Å². The third-order valence-electron chi connectivity index (χ3n) is 2.85. The maximum atomic E-state index is 11.8. The van der Waals surface area contributed by atoms with E-state index in [1.54, 1.807) is 4.90 Å². The van der Waals surface area contributed by atoms with Gasteiger partial charge in [-0.3, -0.25) is 0 Å². The molecular formula is C11H20N2O5. The number of carbonyl (C=O) groups excluding carboxylic acids is 1. The summed E-state index contributed by atoms with van der Waals surface area (Å²) in [6, 6.07) is -0.341. The topological polar surface area (TPSA) is 99.1 Å². The number of hydrogen-bond donors (Lipinski definition) is 3. The summed E-state index contributed by atoms with van der Waals surface area (Å²) in [5.41, 5.74) is 0. The van der Waals surface area contributed by atoms with Crippen molar-refractivity contribution in [3.05, 3.63) is 0 Å². The summed E-state index contributed by atoms with van der Waals surface area (Å²) >= 11 is 0. The van der Waals surface area contributed by atoms with Crippen LogP contribution < -0.4 is 5.32 Å². The Kier molecular flexibility index (Phi) is 6.45. The molecule has 7 heteroatoms. The summed E-state index contributed by atoms with van der Waals surface area (Å²) in [6.07, 6.45) is 2.79. The molecule has 104 valence electrons. The highest BCUT2D eigenvalue weighted by molar-refractivity contribution is 5.74. The summed E-state index contributed by atoms with van der Waals surface area (Å²) in [5.74, 6) is -1.03. The molecule has 0 aliphatic carbocycles. The molecule has 18 heavy (non-hydrogen) atoms. The Hall–Kier alpha value is -1.34. The normalized spacial score (nSPS) is 19.6. The SMILES string of the molecule is O=C(O)COCCNC(=O)N1CCCCC1CO. The van der Waals surface area contributed by atoms with Gasteiger partial charge < -0.3 is 25.2 Å². The highest BCUT2D eigenvalue weighted by Crippen LogP contribution is 2.16. The van der Waals surface area contributed by atoms with Crippen LogP contribution in [0, 0.1) is 0 Å². The van der Waals surface area contributed by atoms with Gasteiger partial charge in [0.05, 0.1) is 19.3 Å². The van der Waals surface area contributed by atoms with Crippen molar-refractivity contribution in [1.82, 2.24) is 10.2 Å². The van der Waals surface area contributed by atoms with Gasteiger partial charge in [0.15, 0.2) is 0 Å². The minimum atomic E-state index is -1.03. The van der Waals surface area contributed by atoms with Crippen LogP contribution in [0.3, 0.4) is 0 Å². The van der Waals surface area contributed by atoms with E-state index in [1.807, 2.05) is 0 Å². The number of carboxylic acids is 1. The lowest BCUT2D eigenvalue weighted by molar-refractivity contribution is -0.142. The second-order valence-corrected chi connectivity index (χ2v) is 4.20. The molecule has 1 unspecified atom stereocenters. The van der Waals surface area contributed by atoms with Gasteiger partial charge in [0.1, 0.15) is 6.61 Å². The summed E-state index contributed by atoms with van der Waals surface area (Å²) in [7, 11) is 0. The molecule has 0 aromatic heterocycles. The molecule has 1 heterocycles. The van der Waals surface area contributed by atoms with E-state index in [0.717, 1.165) is 19.3 Å². The molecule has 0 bridgehead atoms. The number of carbonyl (C=O) groups is 2. The number of nitrogens with one attached hydrogen (secondary N) is 1. The minimum absolute atomic E-state index is 0.0249. The van der Waals surface area contributed by atoms with Crippen molar-refractivity contribution in [2.24, 2.45) is 0 Å². The molecule has 1 saturated heterocycles. The number of aliphatic hydroxyl groups excluding tert-OH is 1. The molecule has 0 spiro atoms. The van der Waals surface area contributed by atoms with E-state index < -0.39 is 5.97 Å². The van der Waals surface area contributed by atoms with E-state index in [4.69, 9.17) is 14.9 Å². The van der Waals surface area contributed by atoms with E-state index in [2.05, 4.69) is 5.32 Å². The van der Waals surface area contributed by atoms with Gasteiger partial charge in [-0.15, -0.1) is 0 Å². The number of aliphatic hydroxyl groups is 1. The van der Waals surface area contributed by atoms with Crippen LogP contribution in [0.5, 0.6) is 0 Å². The average molecular weight is 260 g/mol. The summed E-state index contributed by atoms with van der Waals surface area (Å²) in [4.78, 5) is 23.6. The second kappa shape index (κ2) is 7.88. The third-order valence-corrected chi connectivity index (χ3v) is 2.85. The zero-order valence-corrected chi connectivity index (χ0v) is 10.3. The lowest BCUT2D eigenvalue weighted by atomic mass is 10.0. The fourth-order valence-electron chi connectivity index (χ4n) is 1.95. The number of rotatable bonds is 6. The predicted molar refractivity (Wildman–Crippen MR) is 63.3 cm³/mol. The first-order chi connectivity index (χ1) is 8.65. The number of carboxylic acid groups (broad SMARTS) is 1. The van der Waals surface area contributed by atoms with Gasteiger partial charge in [0.25, 0.3) is 0 Å². The standard InChI is InChI=1S/C11H20N2O5/c14-7-9-3-1-2-5-13(9)11(17)12-4-6-18-8-10(15)16/h9,14H,1-8H2,(H,12,17)(H,15,16). The van der Waals surface area contributed by atoms with Crippen molar-refractivity contribution in [2.75, 3.05) is 32.9 Å². The van der Waals surface area contributed by atoms with E-state index in [0.29, 0.717) is 6.54 Å². The first kappa shape index (κ1) is 14.7. The zero-order chi connectivity index (χ0) is 13.4. The van der Waals surface area contributed by atoms with Gasteiger partial charge in [0.2, 0.25) is 0 Å². The summed E-state index contributed by atoms with van der Waals surface area (Å²) in [6.45, 7) is 0.686. The molecule has 2 amide bonds. The number of urea groups is 1. The molecule has 1 atom stereocenters. The Bertz CT molecular complexity index is 285. The van der Waals surface area contributed by atoms with Gasteiger partial charge in [0, 0.05) is 13.1 Å². The van der Waals surface area contributed by atoms with Gasteiger partial charge in [-0.1, -0.05) is 0 Å². The van der Waals surface area contributed by atoms with Crippen LogP contribution in [0.2, 0.25) is 0 Å². The van der Waals surface area contributed by atoms with Gasteiger partial charge in [-0.2, -0.15) is 0 Å². The van der Waals surface area contributed by atoms with Crippen molar-refractivity contribution in [1.29, 1.82) is 0 Å². The largest absolute Gasteiger partial charge is 0.480 e. The number of piperidine rings is 1. The molecule has 0 radical (unpaired) electrons. The fourth-order valence-corrected chi connectivity index (χ4v) is 1.95. The maximum Gasteiger partial charge on any atom is 0.329 e. The van der Waals surface area contributed by atoms with Crippen LogP contribution in [0.1, 0.15) is 19.3 Å². The van der Waals surface area contributed by atoms with Gasteiger partial charge in [-0.05, 0) is 19.3 Å². The molecule has 1 fully saturated rings. The Morgan fingerprint density at radius 3 is 2.83 bits per heavy atom. The van der Waals surface area contributed by atoms with Gasteiger partial charge in [-0.25, -0.2) is 9.59 Å². The second-order valence-electron chi connectivity index (χ2n) is 4.20. The molecule has 1 rings (SSSR count). The van der Waals surface area contributed by atoms with Crippen molar-refractivity contribution < 1.29 is 24.5 Å². The van der Waals surface area contributed by atoms with E-state index in [1.165, 1.54) is 0 Å².